The van der Waals surface area contributed by atoms with Crippen molar-refractivity contribution in [3.63, 3.8) is 0 Å². The number of quaternary nitrogens is 3. The summed E-state index contributed by atoms with van der Waals surface area (Å²) >= 11 is 0. The van der Waals surface area contributed by atoms with E-state index < -0.39 is 0 Å². The van der Waals surface area contributed by atoms with E-state index in [0.29, 0.717) is 0 Å². The second kappa shape index (κ2) is 11.6. The van der Waals surface area contributed by atoms with Crippen LogP contribution in [0.2, 0.25) is 0 Å². The van der Waals surface area contributed by atoms with Crippen LogP contribution in [0.25, 0.3) is 21.8 Å². The van der Waals surface area contributed by atoms with Crippen LogP contribution >= 0.6 is 0 Å². The summed E-state index contributed by atoms with van der Waals surface area (Å²) in [5, 5.41) is 11.1. The van der Waals surface area contributed by atoms with Gasteiger partial charge in [0.2, 0.25) is 11.0 Å². The monoisotopic (exact) mass is 383 g/mol. The van der Waals surface area contributed by atoms with Crippen molar-refractivity contribution in [3.8, 4) is 0 Å². The molecule has 0 atom stereocenters. The van der Waals surface area contributed by atoms with Crippen LogP contribution in [0.5, 0.6) is 0 Å². The number of unbranched alkanes of at least 4 members (excludes halogenated alkanes) is 1. The highest BCUT2D eigenvalue weighted by atomic mass is 14.9. The Balaban J connectivity index is 1.41. The number of aromatic amines is 1. The van der Waals surface area contributed by atoms with Crippen LogP contribution in [0.3, 0.4) is 0 Å². The summed E-state index contributed by atoms with van der Waals surface area (Å²) in [5.74, 6) is 0. The lowest BCUT2D eigenvalue weighted by Gasteiger charge is -2.10. The lowest BCUT2D eigenvalue weighted by molar-refractivity contribution is -0.665. The van der Waals surface area contributed by atoms with Crippen molar-refractivity contribution in [3.05, 3.63) is 48.5 Å². The van der Waals surface area contributed by atoms with E-state index in [1.165, 1.54) is 79.4 Å². The topological polar surface area (TPSA) is 87.0 Å². The molecule has 9 N–H and O–H groups in total. The fraction of sp³-hybridized carbons (Fsp3) is 0.435. The fourth-order valence-corrected chi connectivity index (χ4v) is 3.72. The molecule has 0 aliphatic heterocycles. The summed E-state index contributed by atoms with van der Waals surface area (Å²) in [6.07, 6.45) is 5.06. The summed E-state index contributed by atoms with van der Waals surface area (Å²) in [7, 11) is 0. The number of hydrogen-bond donors (Lipinski definition) is 4. The van der Waals surface area contributed by atoms with E-state index in [1.807, 2.05) is 0 Å². The first-order valence-corrected chi connectivity index (χ1v) is 10.9. The molecular weight excluding hydrogens is 346 g/mol. The van der Waals surface area contributed by atoms with Gasteiger partial charge in [0, 0.05) is 44.4 Å². The molecule has 1 heterocycles. The molecule has 0 unspecified atom stereocenters. The largest absolute Gasteiger partial charge is 0.383 e. The molecule has 0 aliphatic carbocycles. The van der Waals surface area contributed by atoms with Gasteiger partial charge in [-0.25, -0.2) is 4.98 Å². The van der Waals surface area contributed by atoms with E-state index >= 15 is 0 Å². The van der Waals surface area contributed by atoms with E-state index in [-0.39, 0.29) is 0 Å². The Labute approximate surface area is 168 Å². The summed E-state index contributed by atoms with van der Waals surface area (Å²) in [4.78, 5) is 3.54. The minimum atomic E-state index is 1.01. The molecule has 1 aromatic heterocycles. The number of para-hydroxylation sites is 2. The molecular formula is C23H37N5+4. The Hall–Kier alpha value is -2.21. The molecule has 0 saturated heterocycles. The molecule has 5 heteroatoms. The number of aromatic nitrogens is 1. The van der Waals surface area contributed by atoms with Crippen LogP contribution in [0.4, 0.5) is 5.69 Å². The lowest BCUT2D eigenvalue weighted by Crippen LogP contribution is -2.86. The summed E-state index contributed by atoms with van der Waals surface area (Å²) < 4.78 is 0. The van der Waals surface area contributed by atoms with Gasteiger partial charge in [-0.05, 0) is 12.1 Å². The van der Waals surface area contributed by atoms with Gasteiger partial charge in [-0.2, -0.15) is 0 Å². The third-order valence-electron chi connectivity index (χ3n) is 5.27. The number of pyridine rings is 1. The molecule has 0 spiro atoms. The number of nitrogens with two attached hydrogens (primary N) is 2. The van der Waals surface area contributed by atoms with Gasteiger partial charge in [-0.3, -0.25) is 0 Å². The SMILES string of the molecule is [NH3+]CCC[NH2+]CCCC[NH2+]CCCNc1c2ccccc2[nH+]c2ccccc12. The molecule has 28 heavy (non-hydrogen) atoms. The van der Waals surface area contributed by atoms with Crippen molar-refractivity contribution in [2.75, 3.05) is 44.6 Å². The lowest BCUT2D eigenvalue weighted by atomic mass is 10.1. The van der Waals surface area contributed by atoms with Gasteiger partial charge in [0.15, 0.2) is 0 Å². The minimum absolute atomic E-state index is 1.01. The highest BCUT2D eigenvalue weighted by Gasteiger charge is 2.12. The van der Waals surface area contributed by atoms with Gasteiger partial charge in [-0.1, -0.05) is 24.3 Å². The van der Waals surface area contributed by atoms with Crippen molar-refractivity contribution in [2.24, 2.45) is 0 Å². The Bertz CT molecular complexity index is 795. The molecule has 0 bridgehead atoms. The normalized spacial score (nSPS) is 11.3. The Morgan fingerprint density at radius 1 is 0.714 bits per heavy atom. The van der Waals surface area contributed by atoms with Crippen molar-refractivity contribution < 1.29 is 21.4 Å². The smallest absolute Gasteiger partial charge is 0.213 e. The van der Waals surface area contributed by atoms with E-state index in [4.69, 9.17) is 0 Å². The zero-order valence-electron chi connectivity index (χ0n) is 17.1. The average molecular weight is 384 g/mol. The molecule has 3 aromatic rings. The second-order valence-electron chi connectivity index (χ2n) is 7.52. The molecule has 0 aliphatic rings. The van der Waals surface area contributed by atoms with Crippen LogP contribution in [0, 0.1) is 0 Å². The zero-order valence-corrected chi connectivity index (χ0v) is 17.1. The van der Waals surface area contributed by atoms with Gasteiger partial charge in [-0.15, -0.1) is 0 Å². The van der Waals surface area contributed by atoms with Gasteiger partial charge < -0.3 is 21.7 Å². The molecule has 0 fully saturated rings. The van der Waals surface area contributed by atoms with Gasteiger partial charge in [0.05, 0.1) is 49.2 Å². The maximum atomic E-state index is 3.89. The predicted octanol–water partition coefficient (Wildman–Crippen LogP) is 0.148. The first-order valence-electron chi connectivity index (χ1n) is 10.9. The molecule has 5 nitrogen and oxygen atoms in total. The third kappa shape index (κ3) is 5.89. The molecule has 0 radical (unpaired) electrons. The Morgan fingerprint density at radius 3 is 1.86 bits per heavy atom. The Morgan fingerprint density at radius 2 is 1.25 bits per heavy atom. The number of fused-ring (bicyclic) bond motifs is 2. The highest BCUT2D eigenvalue weighted by molar-refractivity contribution is 6.04. The molecule has 0 saturated carbocycles. The number of hydrogen-bond acceptors (Lipinski definition) is 1. The first kappa shape index (κ1) is 20.5. The summed E-state index contributed by atoms with van der Waals surface area (Å²) in [6.45, 7) is 7.00. The van der Waals surface area contributed by atoms with Crippen molar-refractivity contribution in [2.45, 2.75) is 25.7 Å². The van der Waals surface area contributed by atoms with E-state index in [2.05, 4.69) is 75.2 Å². The molecule has 150 valence electrons. The summed E-state index contributed by atoms with van der Waals surface area (Å²) in [6, 6.07) is 17.1. The summed E-state index contributed by atoms with van der Waals surface area (Å²) in [5.41, 5.74) is 7.50. The van der Waals surface area contributed by atoms with Crippen LogP contribution in [0.15, 0.2) is 48.5 Å². The number of benzene rings is 2. The van der Waals surface area contributed by atoms with Crippen LogP contribution < -0.4 is 26.7 Å². The fourth-order valence-electron chi connectivity index (χ4n) is 3.72. The van der Waals surface area contributed by atoms with E-state index in [9.17, 15) is 0 Å². The van der Waals surface area contributed by atoms with Crippen LogP contribution in [-0.2, 0) is 0 Å². The minimum Gasteiger partial charge on any atom is -0.383 e. The molecule has 2 aromatic carbocycles. The second-order valence-corrected chi connectivity index (χ2v) is 7.52. The highest BCUT2D eigenvalue weighted by Crippen LogP contribution is 2.28. The quantitative estimate of drug-likeness (QED) is 0.246. The van der Waals surface area contributed by atoms with Gasteiger partial charge in [0.1, 0.15) is 0 Å². The average Bonchev–Trinajstić information content (AvgIpc) is 2.73. The number of anilines is 1. The van der Waals surface area contributed by atoms with E-state index in [0.717, 1.165) is 13.1 Å². The van der Waals surface area contributed by atoms with Crippen molar-refractivity contribution in [1.82, 2.24) is 0 Å². The first-order chi connectivity index (χ1) is 13.9. The van der Waals surface area contributed by atoms with Crippen molar-refractivity contribution in [1.29, 1.82) is 0 Å². The van der Waals surface area contributed by atoms with Crippen LogP contribution in [0.1, 0.15) is 25.7 Å². The number of rotatable bonds is 13. The molecule has 3 rings (SSSR count). The molecule has 0 amide bonds. The number of H-pyrrole nitrogens is 1. The zero-order chi connectivity index (χ0) is 19.4. The number of nitrogens with one attached hydrogen (secondary N) is 2. The van der Waals surface area contributed by atoms with Gasteiger partial charge in [0.25, 0.3) is 0 Å². The Kier molecular flexibility index (Phi) is 8.50. The maximum Gasteiger partial charge on any atom is 0.213 e. The third-order valence-corrected chi connectivity index (χ3v) is 5.27. The predicted molar refractivity (Wildman–Crippen MR) is 116 cm³/mol. The van der Waals surface area contributed by atoms with Crippen molar-refractivity contribution >= 4 is 27.5 Å². The maximum absolute atomic E-state index is 3.89. The van der Waals surface area contributed by atoms with E-state index in [1.54, 1.807) is 0 Å². The standard InChI is InChI=1S/C23H33N5/c24-13-7-16-25-14-5-6-15-26-17-8-18-27-23-19-9-1-3-11-21(19)28-22-12-4-2-10-20(22)23/h1-4,9-12,25-26H,5-8,13-18,24H2,(H,27,28)/p+4. The van der Waals surface area contributed by atoms with Gasteiger partial charge >= 0.3 is 0 Å². The van der Waals surface area contributed by atoms with Crippen LogP contribution in [-0.4, -0.2) is 39.3 Å².